The van der Waals surface area contributed by atoms with Crippen molar-refractivity contribution in [3.8, 4) is 5.75 Å². The number of anilines is 2. The zero-order chi connectivity index (χ0) is 26.0. The van der Waals surface area contributed by atoms with Gasteiger partial charge in [0, 0.05) is 22.7 Å². The van der Waals surface area contributed by atoms with Crippen LogP contribution in [0.1, 0.15) is 67.4 Å². The Morgan fingerprint density at radius 1 is 0.829 bits per heavy atom. The maximum absolute atomic E-state index is 5.67. The van der Waals surface area contributed by atoms with E-state index in [1.165, 1.54) is 16.3 Å². The molecule has 0 amide bonds. The molecule has 0 radical (unpaired) electrons. The van der Waals surface area contributed by atoms with Crippen molar-refractivity contribution < 1.29 is 4.74 Å². The Labute approximate surface area is 212 Å². The molecule has 0 spiro atoms. The van der Waals surface area contributed by atoms with E-state index in [0.717, 1.165) is 41.1 Å². The number of methoxy groups -OCH3 is 1. The summed E-state index contributed by atoms with van der Waals surface area (Å²) in [6.07, 6.45) is 1.00. The van der Waals surface area contributed by atoms with Gasteiger partial charge in [-0.3, -0.25) is 10.4 Å². The molecular formula is C31H43N3O. The molecule has 35 heavy (non-hydrogen) atoms. The fourth-order valence-corrected chi connectivity index (χ4v) is 4.45. The van der Waals surface area contributed by atoms with Gasteiger partial charge in [-0.05, 0) is 29.5 Å². The van der Waals surface area contributed by atoms with Crippen LogP contribution in [0.25, 0.3) is 21.7 Å². The van der Waals surface area contributed by atoms with Crippen molar-refractivity contribution in [2.75, 3.05) is 24.1 Å². The molecule has 1 N–H and O–H groups in total. The number of nitrogens with one attached hydrogen (secondary N) is 1. The van der Waals surface area contributed by atoms with Gasteiger partial charge in [0.15, 0.2) is 5.82 Å². The molecule has 0 saturated carbocycles. The standard InChI is InChI=1S/C25H25N3O.3C2H6/c1-4-25(2)16-28(21-14-7-8-15-22(21)29-3)27-24-19-11-6-5-10-17(19)18-12-9-13-20(25)23(18)26-24;3*1-2/h5-15H,4,16H2,1-3H3,(H,26,27);3*1-2H3. The third-order valence-electron chi connectivity index (χ3n) is 6.29. The highest BCUT2D eigenvalue weighted by molar-refractivity contribution is 6.11. The average Bonchev–Trinajstić information content (AvgIpc) is 2.94. The highest BCUT2D eigenvalue weighted by atomic mass is 16.5. The summed E-state index contributed by atoms with van der Waals surface area (Å²) in [6, 6.07) is 23.2. The number of nitrogens with zero attached hydrogens (tertiary/aromatic N) is 2. The first-order valence-corrected chi connectivity index (χ1v) is 13.1. The molecule has 1 aromatic heterocycles. The van der Waals surface area contributed by atoms with Crippen molar-refractivity contribution in [2.45, 2.75) is 67.2 Å². The number of pyridine rings is 1. The molecule has 2 heterocycles. The molecule has 1 atom stereocenters. The quantitative estimate of drug-likeness (QED) is 0.301. The third kappa shape index (κ3) is 5.37. The number of para-hydroxylation sites is 3. The van der Waals surface area contributed by atoms with Gasteiger partial charge in [0.25, 0.3) is 0 Å². The fourth-order valence-electron chi connectivity index (χ4n) is 4.45. The lowest BCUT2D eigenvalue weighted by Crippen LogP contribution is -2.43. The van der Waals surface area contributed by atoms with Gasteiger partial charge in [0.1, 0.15) is 5.75 Å². The van der Waals surface area contributed by atoms with Crippen LogP contribution in [0.3, 0.4) is 0 Å². The van der Waals surface area contributed by atoms with Crippen molar-refractivity contribution in [3.63, 3.8) is 0 Å². The van der Waals surface area contributed by atoms with Crippen LogP contribution in [0.15, 0.2) is 66.7 Å². The lowest BCUT2D eigenvalue weighted by atomic mass is 9.78. The Kier molecular flexibility index (Phi) is 10.4. The summed E-state index contributed by atoms with van der Waals surface area (Å²) < 4.78 is 5.67. The van der Waals surface area contributed by atoms with E-state index in [-0.39, 0.29) is 5.41 Å². The minimum atomic E-state index is -0.0689. The van der Waals surface area contributed by atoms with E-state index in [1.807, 2.05) is 59.7 Å². The summed E-state index contributed by atoms with van der Waals surface area (Å²) in [5.74, 6) is 1.72. The van der Waals surface area contributed by atoms with Gasteiger partial charge in [0.05, 0.1) is 18.3 Å². The molecule has 5 rings (SSSR count). The Morgan fingerprint density at radius 3 is 2.09 bits per heavy atom. The average molecular weight is 474 g/mol. The monoisotopic (exact) mass is 473 g/mol. The first-order valence-electron chi connectivity index (χ1n) is 13.1. The molecule has 4 heteroatoms. The molecule has 1 aliphatic heterocycles. The SMILES string of the molecule is CC.CC.CC.CCC1(C)CN(c2ccccc2OC)Nc2nc3c1cccc3c1ccccc21. The van der Waals surface area contributed by atoms with Crippen LogP contribution in [-0.2, 0) is 5.41 Å². The van der Waals surface area contributed by atoms with Crippen molar-refractivity contribution in [1.29, 1.82) is 0 Å². The van der Waals surface area contributed by atoms with Crippen LogP contribution in [-0.4, -0.2) is 18.6 Å². The predicted molar refractivity (Wildman–Crippen MR) is 155 cm³/mol. The summed E-state index contributed by atoms with van der Waals surface area (Å²) in [5, 5.41) is 5.76. The molecule has 0 aliphatic carbocycles. The Balaban J connectivity index is 0.000000671. The predicted octanol–water partition coefficient (Wildman–Crippen LogP) is 8.99. The number of ether oxygens (including phenoxy) is 1. The van der Waals surface area contributed by atoms with E-state index in [4.69, 9.17) is 9.72 Å². The van der Waals surface area contributed by atoms with E-state index in [9.17, 15) is 0 Å². The van der Waals surface area contributed by atoms with Crippen LogP contribution in [0.4, 0.5) is 11.5 Å². The topological polar surface area (TPSA) is 37.4 Å². The number of rotatable bonds is 3. The zero-order valence-electron chi connectivity index (χ0n) is 23.1. The summed E-state index contributed by atoms with van der Waals surface area (Å²) in [4.78, 5) is 5.12. The number of aromatic nitrogens is 1. The molecule has 0 fully saturated rings. The molecule has 188 valence electrons. The molecule has 4 aromatic rings. The molecule has 2 bridgehead atoms. The van der Waals surface area contributed by atoms with Gasteiger partial charge >= 0.3 is 0 Å². The maximum atomic E-state index is 5.67. The first-order chi connectivity index (χ1) is 17.1. The zero-order valence-corrected chi connectivity index (χ0v) is 23.1. The molecule has 3 aromatic carbocycles. The number of fused-ring (bicyclic) bond motifs is 4. The number of hydrogen-bond acceptors (Lipinski definition) is 4. The number of benzene rings is 3. The van der Waals surface area contributed by atoms with E-state index in [0.29, 0.717) is 0 Å². The second kappa shape index (κ2) is 13.0. The van der Waals surface area contributed by atoms with Crippen LogP contribution in [0, 0.1) is 0 Å². The third-order valence-corrected chi connectivity index (χ3v) is 6.29. The van der Waals surface area contributed by atoms with E-state index < -0.39 is 0 Å². The van der Waals surface area contributed by atoms with Gasteiger partial charge in [-0.15, -0.1) is 0 Å². The molecular weight excluding hydrogens is 430 g/mol. The van der Waals surface area contributed by atoms with Crippen LogP contribution in [0.2, 0.25) is 0 Å². The van der Waals surface area contributed by atoms with Crippen LogP contribution < -0.4 is 15.2 Å². The van der Waals surface area contributed by atoms with E-state index in [1.54, 1.807) is 7.11 Å². The highest BCUT2D eigenvalue weighted by Gasteiger charge is 2.33. The Hall–Kier alpha value is -3.27. The molecule has 1 unspecified atom stereocenters. The second-order valence-electron chi connectivity index (χ2n) is 7.99. The van der Waals surface area contributed by atoms with Crippen molar-refractivity contribution >= 4 is 33.2 Å². The second-order valence-corrected chi connectivity index (χ2v) is 7.99. The van der Waals surface area contributed by atoms with Gasteiger partial charge in [-0.2, -0.15) is 0 Å². The lowest BCUT2D eigenvalue weighted by Gasteiger charge is -2.39. The number of hydrogen-bond donors (Lipinski definition) is 1. The van der Waals surface area contributed by atoms with E-state index in [2.05, 4.69) is 72.8 Å². The fraction of sp³-hybridized carbons (Fsp3) is 0.387. The summed E-state index contributed by atoms with van der Waals surface area (Å²) in [6.45, 7) is 17.4. The smallest absolute Gasteiger partial charge is 0.153 e. The first kappa shape index (κ1) is 28.0. The Morgan fingerprint density at radius 2 is 1.43 bits per heavy atom. The normalized spacial score (nSPS) is 15.9. The Bertz CT molecular complexity index is 1220. The largest absolute Gasteiger partial charge is 0.495 e. The molecule has 0 saturated heterocycles. The van der Waals surface area contributed by atoms with Gasteiger partial charge < -0.3 is 4.74 Å². The van der Waals surface area contributed by atoms with Crippen molar-refractivity contribution in [1.82, 2.24) is 4.98 Å². The van der Waals surface area contributed by atoms with Crippen molar-refractivity contribution in [3.05, 3.63) is 72.3 Å². The highest BCUT2D eigenvalue weighted by Crippen LogP contribution is 2.41. The van der Waals surface area contributed by atoms with Gasteiger partial charge in [-0.1, -0.05) is 110 Å². The maximum Gasteiger partial charge on any atom is 0.153 e. The lowest BCUT2D eigenvalue weighted by molar-refractivity contribution is 0.410. The summed E-state index contributed by atoms with van der Waals surface area (Å²) in [7, 11) is 1.72. The number of hydrazine groups is 1. The minimum absolute atomic E-state index is 0.0689. The van der Waals surface area contributed by atoms with E-state index >= 15 is 0 Å². The minimum Gasteiger partial charge on any atom is -0.495 e. The summed E-state index contributed by atoms with van der Waals surface area (Å²) in [5.41, 5.74) is 6.97. The van der Waals surface area contributed by atoms with Crippen molar-refractivity contribution in [2.24, 2.45) is 0 Å². The molecule has 1 aliphatic rings. The summed E-state index contributed by atoms with van der Waals surface area (Å²) >= 11 is 0. The van der Waals surface area contributed by atoms with Crippen LogP contribution in [0.5, 0.6) is 5.75 Å². The van der Waals surface area contributed by atoms with Gasteiger partial charge in [0.2, 0.25) is 0 Å². The van der Waals surface area contributed by atoms with Gasteiger partial charge in [-0.25, -0.2) is 4.98 Å². The molecule has 4 nitrogen and oxygen atoms in total. The van der Waals surface area contributed by atoms with Crippen LogP contribution >= 0.6 is 0 Å².